The molecule has 0 spiro atoms. The van der Waals surface area contributed by atoms with Gasteiger partial charge in [0, 0.05) is 24.7 Å². The van der Waals surface area contributed by atoms with E-state index >= 15 is 0 Å². The average Bonchev–Trinajstić information content (AvgIpc) is 2.78. The van der Waals surface area contributed by atoms with Gasteiger partial charge in [0.15, 0.2) is 0 Å². The molecule has 6 heteroatoms. The summed E-state index contributed by atoms with van der Waals surface area (Å²) in [5.41, 5.74) is 6.73. The molecule has 1 saturated carbocycles. The Balaban J connectivity index is 1.62. The molecule has 1 atom stereocenters. The number of hydrogen-bond donors (Lipinski definition) is 2. The number of nitrogen functional groups attached to an aromatic ring is 1. The van der Waals surface area contributed by atoms with E-state index in [4.69, 9.17) is 5.73 Å². The lowest BCUT2D eigenvalue weighted by Crippen LogP contribution is -2.51. The fraction of sp³-hybridized carbons (Fsp3) is 0.500. The van der Waals surface area contributed by atoms with Crippen molar-refractivity contribution >= 4 is 17.5 Å². The molecule has 1 saturated heterocycles. The molecular weight excluding hydrogens is 285 g/mol. The Morgan fingerprint density at radius 2 is 2.14 bits per heavy atom. The van der Waals surface area contributed by atoms with Crippen molar-refractivity contribution in [3.05, 3.63) is 29.6 Å². The van der Waals surface area contributed by atoms with Crippen molar-refractivity contribution in [3.8, 4) is 0 Å². The number of anilines is 1. The first kappa shape index (κ1) is 14.8. The number of likely N-dealkylation sites (tertiary alicyclic amines) is 1. The molecule has 3 rings (SSSR count). The number of hydrogen-bond acceptors (Lipinski definition) is 3. The Morgan fingerprint density at radius 1 is 1.36 bits per heavy atom. The molecule has 1 aliphatic heterocycles. The second kappa shape index (κ2) is 5.94. The zero-order chi connectivity index (χ0) is 15.7. The van der Waals surface area contributed by atoms with E-state index < -0.39 is 5.82 Å². The third kappa shape index (κ3) is 2.77. The van der Waals surface area contributed by atoms with Crippen LogP contribution in [0.15, 0.2) is 18.2 Å². The van der Waals surface area contributed by atoms with Crippen LogP contribution in [-0.4, -0.2) is 28.8 Å². The van der Waals surface area contributed by atoms with Gasteiger partial charge in [0.1, 0.15) is 11.9 Å². The quantitative estimate of drug-likeness (QED) is 0.829. The predicted molar refractivity (Wildman–Crippen MR) is 80.2 cm³/mol. The van der Waals surface area contributed by atoms with Gasteiger partial charge in [-0.2, -0.15) is 0 Å². The van der Waals surface area contributed by atoms with Crippen LogP contribution in [0.25, 0.3) is 0 Å². The highest BCUT2D eigenvalue weighted by atomic mass is 19.1. The monoisotopic (exact) mass is 305 g/mol. The number of nitrogens with zero attached hydrogens (tertiary/aromatic N) is 1. The first-order valence-electron chi connectivity index (χ1n) is 7.69. The van der Waals surface area contributed by atoms with Gasteiger partial charge in [-0.05, 0) is 43.4 Å². The number of amides is 2. The van der Waals surface area contributed by atoms with Crippen molar-refractivity contribution in [1.82, 2.24) is 10.2 Å². The summed E-state index contributed by atoms with van der Waals surface area (Å²) in [5.74, 6) is -0.474. The molecule has 0 bridgehead atoms. The fourth-order valence-electron chi connectivity index (χ4n) is 3.11. The van der Waals surface area contributed by atoms with Crippen LogP contribution in [0.5, 0.6) is 0 Å². The van der Waals surface area contributed by atoms with E-state index in [1.807, 2.05) is 0 Å². The number of benzene rings is 1. The second-order valence-corrected chi connectivity index (χ2v) is 6.00. The van der Waals surface area contributed by atoms with Crippen molar-refractivity contribution < 1.29 is 14.0 Å². The van der Waals surface area contributed by atoms with Crippen molar-refractivity contribution in [2.24, 2.45) is 0 Å². The van der Waals surface area contributed by atoms with Gasteiger partial charge >= 0.3 is 0 Å². The van der Waals surface area contributed by atoms with Gasteiger partial charge < -0.3 is 16.0 Å². The minimum Gasteiger partial charge on any atom is -0.398 e. The Morgan fingerprint density at radius 3 is 2.77 bits per heavy atom. The number of halogens is 1. The molecule has 5 nitrogen and oxygen atoms in total. The average molecular weight is 305 g/mol. The SMILES string of the molecule is Nc1cc(F)ccc1CNC(=O)C1CCC(=O)N1C1CCC1. The van der Waals surface area contributed by atoms with Crippen molar-refractivity contribution in [2.75, 3.05) is 5.73 Å². The van der Waals surface area contributed by atoms with Gasteiger partial charge in [0.25, 0.3) is 0 Å². The van der Waals surface area contributed by atoms with Crippen LogP contribution >= 0.6 is 0 Å². The summed E-state index contributed by atoms with van der Waals surface area (Å²) >= 11 is 0. The molecule has 1 aromatic rings. The van der Waals surface area contributed by atoms with Gasteiger partial charge in [0.2, 0.25) is 11.8 Å². The molecule has 1 aromatic carbocycles. The third-order valence-electron chi connectivity index (χ3n) is 4.59. The van der Waals surface area contributed by atoms with E-state index in [1.54, 1.807) is 11.0 Å². The molecule has 1 heterocycles. The van der Waals surface area contributed by atoms with Gasteiger partial charge in [-0.3, -0.25) is 9.59 Å². The standard InChI is InChI=1S/C16H20FN3O2/c17-11-5-4-10(13(18)8-11)9-19-16(22)14-6-7-15(21)20(14)12-2-1-3-12/h4-5,8,12,14H,1-3,6-7,9,18H2,(H,19,22). The lowest BCUT2D eigenvalue weighted by Gasteiger charge is -2.38. The highest BCUT2D eigenvalue weighted by molar-refractivity contribution is 5.91. The van der Waals surface area contributed by atoms with Gasteiger partial charge in [0.05, 0.1) is 0 Å². The first-order valence-corrected chi connectivity index (χ1v) is 7.69. The molecular formula is C16H20FN3O2. The topological polar surface area (TPSA) is 75.4 Å². The minimum atomic E-state index is -0.398. The van der Waals surface area contributed by atoms with E-state index in [0.29, 0.717) is 24.1 Å². The van der Waals surface area contributed by atoms with Crippen molar-refractivity contribution in [1.29, 1.82) is 0 Å². The number of nitrogens with two attached hydrogens (primary N) is 1. The molecule has 0 radical (unpaired) electrons. The summed E-state index contributed by atoms with van der Waals surface area (Å²) in [6.07, 6.45) is 4.10. The molecule has 3 N–H and O–H groups in total. The summed E-state index contributed by atoms with van der Waals surface area (Å²) in [4.78, 5) is 26.1. The molecule has 2 amide bonds. The summed E-state index contributed by atoms with van der Waals surface area (Å²) in [5, 5.41) is 2.82. The summed E-state index contributed by atoms with van der Waals surface area (Å²) in [7, 11) is 0. The molecule has 118 valence electrons. The van der Waals surface area contributed by atoms with E-state index in [9.17, 15) is 14.0 Å². The number of carbonyl (C=O) groups is 2. The second-order valence-electron chi connectivity index (χ2n) is 6.00. The van der Waals surface area contributed by atoms with E-state index in [0.717, 1.165) is 19.3 Å². The predicted octanol–water partition coefficient (Wildman–Crippen LogP) is 1.57. The Bertz CT molecular complexity index is 601. The zero-order valence-corrected chi connectivity index (χ0v) is 12.3. The van der Waals surface area contributed by atoms with Crippen LogP contribution in [0.3, 0.4) is 0 Å². The van der Waals surface area contributed by atoms with Crippen LogP contribution in [0, 0.1) is 5.82 Å². The summed E-state index contributed by atoms with van der Waals surface area (Å²) in [6.45, 7) is 0.244. The molecule has 2 aliphatic rings. The largest absolute Gasteiger partial charge is 0.398 e. The fourth-order valence-corrected chi connectivity index (χ4v) is 3.11. The molecule has 1 aliphatic carbocycles. The maximum atomic E-state index is 13.0. The van der Waals surface area contributed by atoms with Gasteiger partial charge in [-0.1, -0.05) is 6.07 Å². The van der Waals surface area contributed by atoms with Crippen LogP contribution in [-0.2, 0) is 16.1 Å². The Labute approximate surface area is 128 Å². The van der Waals surface area contributed by atoms with Gasteiger partial charge in [-0.25, -0.2) is 4.39 Å². The summed E-state index contributed by atoms with van der Waals surface area (Å²) in [6, 6.07) is 3.97. The van der Waals surface area contributed by atoms with Crippen LogP contribution in [0.2, 0.25) is 0 Å². The maximum Gasteiger partial charge on any atom is 0.243 e. The third-order valence-corrected chi connectivity index (χ3v) is 4.59. The number of nitrogens with one attached hydrogen (secondary N) is 1. The molecule has 0 aromatic heterocycles. The van der Waals surface area contributed by atoms with E-state index in [-0.39, 0.29) is 30.4 Å². The summed E-state index contributed by atoms with van der Waals surface area (Å²) < 4.78 is 13.0. The smallest absolute Gasteiger partial charge is 0.243 e. The highest BCUT2D eigenvalue weighted by Gasteiger charge is 2.41. The van der Waals surface area contributed by atoms with E-state index in [2.05, 4.69) is 5.32 Å². The normalized spacial score (nSPS) is 21.8. The lowest BCUT2D eigenvalue weighted by atomic mass is 9.91. The molecule has 22 heavy (non-hydrogen) atoms. The Hall–Kier alpha value is -2.11. The lowest BCUT2D eigenvalue weighted by molar-refractivity contribution is -0.139. The van der Waals surface area contributed by atoms with Crippen molar-refractivity contribution in [2.45, 2.75) is 50.7 Å². The van der Waals surface area contributed by atoms with Gasteiger partial charge in [-0.15, -0.1) is 0 Å². The van der Waals surface area contributed by atoms with Crippen LogP contribution < -0.4 is 11.1 Å². The highest BCUT2D eigenvalue weighted by Crippen LogP contribution is 2.32. The van der Waals surface area contributed by atoms with Crippen LogP contribution in [0.1, 0.15) is 37.7 Å². The van der Waals surface area contributed by atoms with E-state index in [1.165, 1.54) is 12.1 Å². The van der Waals surface area contributed by atoms with Crippen molar-refractivity contribution in [3.63, 3.8) is 0 Å². The molecule has 1 unspecified atom stereocenters. The number of carbonyl (C=O) groups excluding carboxylic acids is 2. The zero-order valence-electron chi connectivity index (χ0n) is 12.3. The Kier molecular flexibility index (Phi) is 4.00. The van der Waals surface area contributed by atoms with Crippen LogP contribution in [0.4, 0.5) is 10.1 Å². The minimum absolute atomic E-state index is 0.0751. The maximum absolute atomic E-state index is 13.0. The molecule has 2 fully saturated rings. The first-order chi connectivity index (χ1) is 10.6. The number of rotatable bonds is 4.